The highest BCUT2D eigenvalue weighted by Gasteiger charge is 2.23. The lowest BCUT2D eigenvalue weighted by Gasteiger charge is -2.29. The molecule has 0 aromatic carbocycles. The first kappa shape index (κ1) is 68.2. The topological polar surface area (TPSA) is 108 Å². The molecule has 0 radical (unpaired) electrons. The van der Waals surface area contributed by atoms with Crippen LogP contribution in [0.3, 0.4) is 0 Å². The van der Waals surface area contributed by atoms with Gasteiger partial charge in [0, 0.05) is 6.42 Å². The summed E-state index contributed by atoms with van der Waals surface area (Å²) in [6.07, 6.45) is 70.9. The molecule has 410 valence electrons. The van der Waals surface area contributed by atoms with Crippen LogP contribution >= 0.6 is 7.82 Å². The van der Waals surface area contributed by atoms with Gasteiger partial charge in [-0.15, -0.1) is 0 Å². The molecule has 0 aromatic heterocycles. The van der Waals surface area contributed by atoms with Gasteiger partial charge in [0.1, 0.15) is 13.2 Å². The zero-order chi connectivity index (χ0) is 51.3. The maximum Gasteiger partial charge on any atom is 0.268 e. The Bertz CT molecular complexity index is 1320. The highest BCUT2D eigenvalue weighted by atomic mass is 31.2. The van der Waals surface area contributed by atoms with Gasteiger partial charge in [0.15, 0.2) is 0 Å². The molecule has 0 spiro atoms. The zero-order valence-electron chi connectivity index (χ0n) is 46.7. The third-order valence-electron chi connectivity index (χ3n) is 13.3. The van der Waals surface area contributed by atoms with Crippen LogP contribution in [0.15, 0.2) is 60.8 Å². The highest BCUT2D eigenvalue weighted by molar-refractivity contribution is 7.45. The number of aliphatic hydroxyl groups excluding tert-OH is 1. The molecule has 1 amide bonds. The average molecular weight is 1000 g/mol. The highest BCUT2D eigenvalue weighted by Crippen LogP contribution is 2.38. The Hall–Kier alpha value is -1.80. The number of rotatable bonds is 54. The second kappa shape index (κ2) is 52.1. The maximum absolute atomic E-state index is 12.9. The van der Waals surface area contributed by atoms with E-state index in [2.05, 4.69) is 54.8 Å². The molecule has 0 aliphatic heterocycles. The molecule has 3 atom stereocenters. The summed E-state index contributed by atoms with van der Waals surface area (Å²) >= 11 is 0. The van der Waals surface area contributed by atoms with E-state index in [1.165, 1.54) is 199 Å². The largest absolute Gasteiger partial charge is 0.756 e. The lowest BCUT2D eigenvalue weighted by Crippen LogP contribution is -2.45. The monoisotopic (exact) mass is 1000 g/mol. The van der Waals surface area contributed by atoms with Crippen molar-refractivity contribution in [2.45, 2.75) is 283 Å². The third-order valence-corrected chi connectivity index (χ3v) is 14.2. The summed E-state index contributed by atoms with van der Waals surface area (Å²) in [5, 5.41) is 13.7. The predicted molar refractivity (Wildman–Crippen MR) is 302 cm³/mol. The number of aliphatic hydroxyl groups is 1. The van der Waals surface area contributed by atoms with Gasteiger partial charge in [-0.2, -0.15) is 0 Å². The summed E-state index contributed by atoms with van der Waals surface area (Å²) in [5.41, 5.74) is 0. The average Bonchev–Trinajstić information content (AvgIpc) is 3.32. The summed E-state index contributed by atoms with van der Waals surface area (Å²) in [5.74, 6) is -0.214. The molecule has 0 saturated heterocycles. The van der Waals surface area contributed by atoms with Crippen LogP contribution in [-0.4, -0.2) is 68.5 Å². The Morgan fingerprint density at radius 2 is 0.900 bits per heavy atom. The van der Waals surface area contributed by atoms with Gasteiger partial charge in [-0.25, -0.2) is 0 Å². The third kappa shape index (κ3) is 54.0. The van der Waals surface area contributed by atoms with Crippen molar-refractivity contribution < 1.29 is 32.9 Å². The minimum absolute atomic E-state index is 0.0104. The molecule has 3 unspecified atom stereocenters. The van der Waals surface area contributed by atoms with E-state index in [0.717, 1.165) is 51.4 Å². The lowest BCUT2D eigenvalue weighted by molar-refractivity contribution is -0.870. The normalized spacial score (nSPS) is 14.3. The van der Waals surface area contributed by atoms with E-state index in [4.69, 9.17) is 9.05 Å². The second-order valence-electron chi connectivity index (χ2n) is 21.3. The van der Waals surface area contributed by atoms with Gasteiger partial charge in [-0.05, 0) is 71.1 Å². The van der Waals surface area contributed by atoms with Crippen LogP contribution in [0.4, 0.5) is 0 Å². The molecule has 8 nitrogen and oxygen atoms in total. The molecule has 0 bridgehead atoms. The van der Waals surface area contributed by atoms with Crippen molar-refractivity contribution in [1.29, 1.82) is 0 Å². The number of phosphoric acid groups is 1. The van der Waals surface area contributed by atoms with Crippen molar-refractivity contribution in [3.8, 4) is 0 Å². The van der Waals surface area contributed by atoms with Gasteiger partial charge < -0.3 is 28.8 Å². The van der Waals surface area contributed by atoms with Crippen LogP contribution in [0, 0.1) is 0 Å². The Morgan fingerprint density at radius 1 is 0.529 bits per heavy atom. The van der Waals surface area contributed by atoms with Crippen LogP contribution in [-0.2, 0) is 18.4 Å². The molecule has 0 aliphatic carbocycles. The fourth-order valence-corrected chi connectivity index (χ4v) is 9.36. The van der Waals surface area contributed by atoms with Gasteiger partial charge in [-0.3, -0.25) is 9.36 Å². The second-order valence-corrected chi connectivity index (χ2v) is 22.8. The number of nitrogens with one attached hydrogen (secondary N) is 1. The van der Waals surface area contributed by atoms with E-state index in [1.807, 2.05) is 40.2 Å². The first-order chi connectivity index (χ1) is 34.0. The van der Waals surface area contributed by atoms with Crippen molar-refractivity contribution in [2.75, 3.05) is 40.9 Å². The molecular weight excluding hydrogens is 888 g/mol. The van der Waals surface area contributed by atoms with Crippen LogP contribution in [0.1, 0.15) is 271 Å². The van der Waals surface area contributed by atoms with Crippen LogP contribution in [0.25, 0.3) is 0 Å². The number of quaternary nitrogens is 1. The lowest BCUT2D eigenvalue weighted by atomic mass is 10.0. The maximum atomic E-state index is 12.9. The molecule has 2 N–H and O–H groups in total. The number of carbonyl (C=O) groups excluding carboxylic acids is 1. The van der Waals surface area contributed by atoms with Gasteiger partial charge in [0.05, 0.1) is 39.9 Å². The van der Waals surface area contributed by atoms with Crippen molar-refractivity contribution in [2.24, 2.45) is 0 Å². The molecule has 9 heteroatoms. The number of hydrogen-bond acceptors (Lipinski definition) is 6. The number of carbonyl (C=O) groups is 1. The van der Waals surface area contributed by atoms with E-state index in [0.29, 0.717) is 17.4 Å². The number of unbranched alkanes of at least 4 members (excludes halogenated alkanes) is 34. The van der Waals surface area contributed by atoms with Crippen molar-refractivity contribution in [3.05, 3.63) is 60.8 Å². The smallest absolute Gasteiger partial charge is 0.268 e. The Balaban J connectivity index is 3.83. The summed E-state index contributed by atoms with van der Waals surface area (Å²) in [4.78, 5) is 25.3. The van der Waals surface area contributed by atoms with E-state index in [9.17, 15) is 19.4 Å². The Labute approximate surface area is 434 Å². The fourth-order valence-electron chi connectivity index (χ4n) is 8.64. The number of likely N-dealkylation sites (N-methyl/N-ethyl adjacent to an activating group) is 1. The van der Waals surface area contributed by atoms with E-state index in [-0.39, 0.29) is 12.5 Å². The Kier molecular flexibility index (Phi) is 50.7. The van der Waals surface area contributed by atoms with Gasteiger partial charge in [0.25, 0.3) is 7.82 Å². The molecule has 0 rings (SSSR count). The molecular formula is C61H115N2O6P. The van der Waals surface area contributed by atoms with Crippen LogP contribution in [0.2, 0.25) is 0 Å². The Morgan fingerprint density at radius 3 is 1.31 bits per heavy atom. The zero-order valence-corrected chi connectivity index (χ0v) is 47.6. The van der Waals surface area contributed by atoms with Gasteiger partial charge in [-0.1, -0.05) is 254 Å². The number of allylic oxidation sites excluding steroid dienone is 9. The van der Waals surface area contributed by atoms with E-state index >= 15 is 0 Å². The van der Waals surface area contributed by atoms with E-state index in [1.54, 1.807) is 6.08 Å². The summed E-state index contributed by atoms with van der Waals surface area (Å²) < 4.78 is 23.2. The number of nitrogens with zero attached hydrogens (tertiary/aromatic N) is 1. The first-order valence-corrected chi connectivity index (χ1v) is 31.1. The molecule has 70 heavy (non-hydrogen) atoms. The van der Waals surface area contributed by atoms with Crippen LogP contribution < -0.4 is 10.2 Å². The fraction of sp³-hybridized carbons (Fsp3) is 0.820. The minimum atomic E-state index is -4.60. The first-order valence-electron chi connectivity index (χ1n) is 29.6. The molecule has 0 saturated carbocycles. The molecule has 0 heterocycles. The van der Waals surface area contributed by atoms with Crippen molar-refractivity contribution in [1.82, 2.24) is 5.32 Å². The van der Waals surface area contributed by atoms with Gasteiger partial charge in [0.2, 0.25) is 5.91 Å². The molecule has 0 fully saturated rings. The minimum Gasteiger partial charge on any atom is -0.756 e. The summed E-state index contributed by atoms with van der Waals surface area (Å²) in [7, 11) is 1.23. The standard InChI is InChI=1S/C61H115N2O6P/c1-6-8-10-12-14-16-17-18-19-20-21-22-23-24-25-26-27-28-29-30-31-32-33-34-35-36-37-38-39-40-41-42-43-44-45-47-49-51-53-55-61(65)62-59(58-69-70(66,67)68-57-56-63(3,4)5)60(64)54-52-50-48-46-15-13-11-9-7-2/h7,9,15,27-28,30-31,46,52,54,59-60,64H,6,8,10-14,16-26,29,32-45,47-51,53,55-58H2,1-5H3,(H-,62,65,66,67)/b9-7+,28-27-,31-30-,46-15+,54-52+. The van der Waals surface area contributed by atoms with Gasteiger partial charge >= 0.3 is 0 Å². The van der Waals surface area contributed by atoms with Crippen LogP contribution in [0.5, 0.6) is 0 Å². The summed E-state index contributed by atoms with van der Waals surface area (Å²) in [6, 6.07) is -0.909. The van der Waals surface area contributed by atoms with Crippen molar-refractivity contribution in [3.63, 3.8) is 0 Å². The predicted octanol–water partition coefficient (Wildman–Crippen LogP) is 17.5. The number of phosphoric ester groups is 1. The van der Waals surface area contributed by atoms with E-state index < -0.39 is 26.6 Å². The quantitative estimate of drug-likeness (QED) is 0.0272. The number of amides is 1. The SMILES string of the molecule is C/C=C/CC/C=C/CC/C=C/C(O)C(COP(=O)([O-])OCC[N+](C)(C)C)NC(=O)CCCCCCCCCCCCCCCCCCC/C=C\C/C=C\CCCCCCCCCCCCCCCCC. The molecule has 0 aromatic rings. The van der Waals surface area contributed by atoms with Crippen molar-refractivity contribution >= 4 is 13.7 Å². The number of hydrogen-bond donors (Lipinski definition) is 2. The summed E-state index contributed by atoms with van der Waals surface area (Å²) in [6.45, 7) is 4.39. The molecule has 0 aliphatic rings.